The number of nitrogens with one attached hydrogen (secondary N) is 2. The monoisotopic (exact) mass is 283 g/mol. The maximum absolute atomic E-state index is 13.6. The van der Waals surface area contributed by atoms with Crippen molar-refractivity contribution in [3.8, 4) is 11.3 Å². The molecule has 0 radical (unpaired) electrons. The third-order valence-electron chi connectivity index (χ3n) is 2.20. The number of halogens is 2. The Morgan fingerprint density at radius 3 is 3.00 bits per heavy atom. The van der Waals surface area contributed by atoms with E-state index >= 15 is 0 Å². The lowest BCUT2D eigenvalue weighted by molar-refractivity contribution is 0.630. The van der Waals surface area contributed by atoms with E-state index in [1.807, 2.05) is 13.1 Å². The van der Waals surface area contributed by atoms with Crippen LogP contribution in [0.1, 0.15) is 5.69 Å². The quantitative estimate of drug-likeness (QED) is 0.909. The molecule has 1 aromatic heterocycles. The summed E-state index contributed by atoms with van der Waals surface area (Å²) < 4.78 is 14.4. The molecule has 1 heterocycles. The van der Waals surface area contributed by atoms with Crippen molar-refractivity contribution < 1.29 is 4.39 Å². The molecule has 0 spiro atoms. The molecule has 0 atom stereocenters. The molecule has 0 fully saturated rings. The van der Waals surface area contributed by atoms with E-state index in [-0.39, 0.29) is 5.82 Å². The molecular weight excluding hydrogens is 273 g/mol. The van der Waals surface area contributed by atoms with Gasteiger partial charge in [0.05, 0.1) is 5.69 Å². The summed E-state index contributed by atoms with van der Waals surface area (Å²) in [7, 11) is 1.85. The Balaban J connectivity index is 2.38. The van der Waals surface area contributed by atoms with Crippen LogP contribution < -0.4 is 5.32 Å². The first-order chi connectivity index (χ1) is 7.70. The molecule has 1 aromatic carbocycles. The van der Waals surface area contributed by atoms with Gasteiger partial charge in [-0.3, -0.25) is 5.10 Å². The maximum atomic E-state index is 13.6. The molecule has 0 unspecified atom stereocenters. The molecule has 0 aliphatic heterocycles. The van der Waals surface area contributed by atoms with Crippen LogP contribution in [-0.2, 0) is 6.54 Å². The SMILES string of the molecule is CNCc1cc(-c2cc(Br)ccc2F)n[nH]1. The number of aromatic nitrogens is 2. The Kier molecular flexibility index (Phi) is 3.36. The average Bonchev–Trinajstić information content (AvgIpc) is 2.71. The molecule has 0 bridgehead atoms. The first-order valence-corrected chi connectivity index (χ1v) is 5.64. The van der Waals surface area contributed by atoms with E-state index in [4.69, 9.17) is 0 Å². The molecule has 0 aliphatic carbocycles. The number of aromatic amines is 1. The van der Waals surface area contributed by atoms with Crippen LogP contribution in [0, 0.1) is 5.82 Å². The second kappa shape index (κ2) is 4.76. The van der Waals surface area contributed by atoms with E-state index in [0.29, 0.717) is 17.8 Å². The standard InChI is InChI=1S/C11H11BrFN3/c1-14-6-8-5-11(16-15-8)9-4-7(12)2-3-10(9)13/h2-5,14H,6H2,1H3,(H,15,16). The Bertz CT molecular complexity index is 496. The summed E-state index contributed by atoms with van der Waals surface area (Å²) >= 11 is 3.31. The van der Waals surface area contributed by atoms with Crippen molar-refractivity contribution in [3.05, 3.63) is 40.2 Å². The number of rotatable bonds is 3. The zero-order valence-corrected chi connectivity index (χ0v) is 10.3. The van der Waals surface area contributed by atoms with E-state index in [2.05, 4.69) is 31.4 Å². The van der Waals surface area contributed by atoms with Crippen molar-refractivity contribution in [2.24, 2.45) is 0 Å². The number of benzene rings is 1. The van der Waals surface area contributed by atoms with Crippen LogP contribution >= 0.6 is 15.9 Å². The highest BCUT2D eigenvalue weighted by molar-refractivity contribution is 9.10. The van der Waals surface area contributed by atoms with Crippen LogP contribution in [0.25, 0.3) is 11.3 Å². The van der Waals surface area contributed by atoms with Crippen LogP contribution in [0.5, 0.6) is 0 Å². The molecule has 2 rings (SSSR count). The number of H-pyrrole nitrogens is 1. The van der Waals surface area contributed by atoms with Gasteiger partial charge < -0.3 is 5.32 Å². The number of hydrogen-bond acceptors (Lipinski definition) is 2. The molecule has 0 amide bonds. The molecule has 0 saturated heterocycles. The van der Waals surface area contributed by atoms with Crippen LogP contribution in [0.2, 0.25) is 0 Å². The summed E-state index contributed by atoms with van der Waals surface area (Å²) in [5, 5.41) is 9.94. The second-order valence-corrected chi connectivity index (χ2v) is 4.35. The topological polar surface area (TPSA) is 40.7 Å². The van der Waals surface area contributed by atoms with Crippen LogP contribution in [0.4, 0.5) is 4.39 Å². The van der Waals surface area contributed by atoms with Crippen molar-refractivity contribution in [3.63, 3.8) is 0 Å². The lowest BCUT2D eigenvalue weighted by atomic mass is 10.1. The molecule has 0 aliphatic rings. The van der Waals surface area contributed by atoms with E-state index in [0.717, 1.165) is 10.2 Å². The zero-order valence-electron chi connectivity index (χ0n) is 8.72. The fraction of sp³-hybridized carbons (Fsp3) is 0.182. The lowest BCUT2D eigenvalue weighted by Crippen LogP contribution is -2.04. The highest BCUT2D eigenvalue weighted by atomic mass is 79.9. The van der Waals surface area contributed by atoms with Gasteiger partial charge in [-0.15, -0.1) is 0 Å². The van der Waals surface area contributed by atoms with E-state index in [9.17, 15) is 4.39 Å². The van der Waals surface area contributed by atoms with Gasteiger partial charge in [0, 0.05) is 22.3 Å². The first kappa shape index (κ1) is 11.3. The van der Waals surface area contributed by atoms with Crippen molar-refractivity contribution in [2.75, 3.05) is 7.05 Å². The maximum Gasteiger partial charge on any atom is 0.132 e. The van der Waals surface area contributed by atoms with Gasteiger partial charge >= 0.3 is 0 Å². The minimum atomic E-state index is -0.272. The fourth-order valence-electron chi connectivity index (χ4n) is 1.47. The van der Waals surface area contributed by atoms with Gasteiger partial charge in [-0.05, 0) is 31.3 Å². The third kappa shape index (κ3) is 2.31. The smallest absolute Gasteiger partial charge is 0.132 e. The van der Waals surface area contributed by atoms with Crippen LogP contribution in [-0.4, -0.2) is 17.2 Å². The zero-order chi connectivity index (χ0) is 11.5. The van der Waals surface area contributed by atoms with Crippen molar-refractivity contribution in [1.29, 1.82) is 0 Å². The highest BCUT2D eigenvalue weighted by Crippen LogP contribution is 2.25. The van der Waals surface area contributed by atoms with E-state index < -0.39 is 0 Å². The molecule has 2 N–H and O–H groups in total. The average molecular weight is 284 g/mol. The van der Waals surface area contributed by atoms with Gasteiger partial charge in [0.25, 0.3) is 0 Å². The lowest BCUT2D eigenvalue weighted by Gasteiger charge is -1.99. The van der Waals surface area contributed by atoms with Crippen LogP contribution in [0.3, 0.4) is 0 Å². The number of hydrogen-bond donors (Lipinski definition) is 2. The predicted octanol–water partition coefficient (Wildman–Crippen LogP) is 2.70. The minimum Gasteiger partial charge on any atom is -0.314 e. The van der Waals surface area contributed by atoms with Crippen molar-refractivity contribution in [1.82, 2.24) is 15.5 Å². The van der Waals surface area contributed by atoms with Gasteiger partial charge in [0.15, 0.2) is 0 Å². The van der Waals surface area contributed by atoms with Gasteiger partial charge in [0.1, 0.15) is 5.82 Å². The normalized spacial score (nSPS) is 10.7. The Morgan fingerprint density at radius 2 is 2.25 bits per heavy atom. The summed E-state index contributed by atoms with van der Waals surface area (Å²) in [4.78, 5) is 0. The molecular formula is C11H11BrFN3. The molecule has 3 nitrogen and oxygen atoms in total. The Morgan fingerprint density at radius 1 is 1.44 bits per heavy atom. The predicted molar refractivity (Wildman–Crippen MR) is 64.4 cm³/mol. The second-order valence-electron chi connectivity index (χ2n) is 3.43. The third-order valence-corrected chi connectivity index (χ3v) is 2.70. The molecule has 0 saturated carbocycles. The fourth-order valence-corrected chi connectivity index (χ4v) is 1.84. The summed E-state index contributed by atoms with van der Waals surface area (Å²) in [6.07, 6.45) is 0. The van der Waals surface area contributed by atoms with Crippen LogP contribution in [0.15, 0.2) is 28.7 Å². The molecule has 16 heavy (non-hydrogen) atoms. The van der Waals surface area contributed by atoms with Gasteiger partial charge in [-0.2, -0.15) is 5.10 Å². The first-order valence-electron chi connectivity index (χ1n) is 4.85. The Hall–Kier alpha value is -1.20. The molecule has 5 heteroatoms. The molecule has 2 aromatic rings. The molecule has 84 valence electrons. The number of nitrogens with zero attached hydrogens (tertiary/aromatic N) is 1. The highest BCUT2D eigenvalue weighted by Gasteiger charge is 2.09. The summed E-state index contributed by atoms with van der Waals surface area (Å²) in [5.74, 6) is -0.272. The van der Waals surface area contributed by atoms with E-state index in [1.165, 1.54) is 6.07 Å². The Labute approximate surface area is 101 Å². The van der Waals surface area contributed by atoms with Crippen molar-refractivity contribution in [2.45, 2.75) is 6.54 Å². The van der Waals surface area contributed by atoms with Gasteiger partial charge in [-0.25, -0.2) is 4.39 Å². The summed E-state index contributed by atoms with van der Waals surface area (Å²) in [6.45, 7) is 0.683. The summed E-state index contributed by atoms with van der Waals surface area (Å²) in [6, 6.07) is 6.64. The van der Waals surface area contributed by atoms with Gasteiger partial charge in [0.2, 0.25) is 0 Å². The largest absolute Gasteiger partial charge is 0.314 e. The van der Waals surface area contributed by atoms with E-state index in [1.54, 1.807) is 12.1 Å². The minimum absolute atomic E-state index is 0.272. The van der Waals surface area contributed by atoms with Gasteiger partial charge in [-0.1, -0.05) is 15.9 Å². The summed E-state index contributed by atoms with van der Waals surface area (Å²) in [5.41, 5.74) is 2.04. The van der Waals surface area contributed by atoms with Crippen molar-refractivity contribution >= 4 is 15.9 Å².